The van der Waals surface area contributed by atoms with Crippen molar-refractivity contribution in [2.24, 2.45) is 11.7 Å². The first-order valence-electron chi connectivity index (χ1n) is 8.61. The number of nitrogens with zero attached hydrogens (tertiary/aromatic N) is 1. The number of benzene rings is 2. The zero-order valence-electron chi connectivity index (χ0n) is 14.4. The van der Waals surface area contributed by atoms with Crippen molar-refractivity contribution in [2.75, 3.05) is 4.90 Å². The van der Waals surface area contributed by atoms with Crippen LogP contribution in [0.15, 0.2) is 59.1 Å². The quantitative estimate of drug-likeness (QED) is 0.432. The molecule has 0 spiro atoms. The molecule has 2 amide bonds. The first-order valence-corrected chi connectivity index (χ1v) is 9.49. The van der Waals surface area contributed by atoms with Gasteiger partial charge in [0.15, 0.2) is 0 Å². The van der Waals surface area contributed by atoms with Crippen LogP contribution in [0.2, 0.25) is 0 Å². The molecule has 8 heteroatoms. The lowest BCUT2D eigenvalue weighted by atomic mass is 9.77. The van der Waals surface area contributed by atoms with Crippen LogP contribution in [0.5, 0.6) is 11.5 Å². The molecule has 5 rings (SSSR count). The molecule has 0 saturated carbocycles. The summed E-state index contributed by atoms with van der Waals surface area (Å²) in [5, 5.41) is 9.19. The number of thioether (sulfide) groups is 1. The number of nitrogens with two attached hydrogens (primary N) is 1. The van der Waals surface area contributed by atoms with Crippen molar-refractivity contribution < 1.29 is 24.2 Å². The van der Waals surface area contributed by atoms with Crippen molar-refractivity contribution in [1.29, 1.82) is 0 Å². The van der Waals surface area contributed by atoms with E-state index in [0.29, 0.717) is 11.3 Å². The monoisotopic (exact) mass is 394 g/mol. The van der Waals surface area contributed by atoms with Crippen LogP contribution >= 0.6 is 11.8 Å². The van der Waals surface area contributed by atoms with Crippen LogP contribution in [0.25, 0.3) is 0 Å². The molecule has 3 aliphatic heterocycles. The van der Waals surface area contributed by atoms with Crippen molar-refractivity contribution in [1.82, 2.24) is 0 Å². The minimum atomic E-state index is -0.781. The topological polar surface area (TPSA) is 110 Å². The van der Waals surface area contributed by atoms with E-state index in [2.05, 4.69) is 0 Å². The second-order valence-electron chi connectivity index (χ2n) is 6.78. The minimum absolute atomic E-state index is 0.0616. The number of imide groups is 1. The normalized spacial score (nSPS) is 25.9. The molecule has 7 nitrogen and oxygen atoms in total. The van der Waals surface area contributed by atoms with Crippen molar-refractivity contribution in [2.45, 2.75) is 11.2 Å². The van der Waals surface area contributed by atoms with E-state index >= 15 is 0 Å². The number of ether oxygens (including phenoxy) is 1. The number of hydrogen-bond acceptors (Lipinski definition) is 7. The summed E-state index contributed by atoms with van der Waals surface area (Å²) in [5.41, 5.74) is 7.36. The Morgan fingerprint density at radius 1 is 1.04 bits per heavy atom. The van der Waals surface area contributed by atoms with Gasteiger partial charge in [-0.25, -0.2) is 9.69 Å². The largest absolute Gasteiger partial charge is 0.508 e. The van der Waals surface area contributed by atoms with Gasteiger partial charge in [0.1, 0.15) is 16.7 Å². The van der Waals surface area contributed by atoms with Crippen LogP contribution in [0.1, 0.15) is 11.5 Å². The lowest BCUT2D eigenvalue weighted by molar-refractivity contribution is -0.131. The number of amides is 2. The number of phenols is 1. The highest BCUT2D eigenvalue weighted by molar-refractivity contribution is 8.04. The number of para-hydroxylation sites is 1. The Kier molecular flexibility index (Phi) is 3.54. The van der Waals surface area contributed by atoms with Gasteiger partial charge in [-0.3, -0.25) is 9.59 Å². The number of esters is 1. The molecule has 1 fully saturated rings. The van der Waals surface area contributed by atoms with E-state index < -0.39 is 23.1 Å². The molecule has 0 unspecified atom stereocenters. The van der Waals surface area contributed by atoms with Gasteiger partial charge >= 0.3 is 5.97 Å². The lowest BCUT2D eigenvalue weighted by Gasteiger charge is -2.36. The first kappa shape index (κ1) is 16.9. The van der Waals surface area contributed by atoms with Gasteiger partial charge in [0, 0.05) is 17.5 Å². The Labute approximate surface area is 163 Å². The van der Waals surface area contributed by atoms with Gasteiger partial charge in [0.05, 0.1) is 22.2 Å². The van der Waals surface area contributed by atoms with Crippen LogP contribution < -0.4 is 15.4 Å². The van der Waals surface area contributed by atoms with Gasteiger partial charge < -0.3 is 15.6 Å². The summed E-state index contributed by atoms with van der Waals surface area (Å²) >= 11 is 1.03. The van der Waals surface area contributed by atoms with E-state index in [1.807, 2.05) is 0 Å². The Morgan fingerprint density at radius 2 is 1.79 bits per heavy atom. The van der Waals surface area contributed by atoms with Crippen molar-refractivity contribution in [3.63, 3.8) is 0 Å². The second-order valence-corrected chi connectivity index (χ2v) is 7.96. The van der Waals surface area contributed by atoms with Crippen molar-refractivity contribution >= 4 is 35.2 Å². The van der Waals surface area contributed by atoms with Crippen LogP contribution in [-0.4, -0.2) is 28.1 Å². The average molecular weight is 394 g/mol. The lowest BCUT2D eigenvalue weighted by Crippen LogP contribution is -2.39. The maximum Gasteiger partial charge on any atom is 0.342 e. The highest BCUT2D eigenvalue weighted by atomic mass is 32.2. The van der Waals surface area contributed by atoms with Crippen LogP contribution in [0, 0.1) is 5.92 Å². The van der Waals surface area contributed by atoms with Gasteiger partial charge in [-0.15, -0.1) is 0 Å². The number of rotatable bonds is 1. The van der Waals surface area contributed by atoms with Gasteiger partial charge in [0.25, 0.3) is 0 Å². The SMILES string of the molecule is NC1=C2C(=O)Oc3cc(O)ccc3[C@H]2[C@H]2C(=O)N(c3ccccc3)C(=O)[C@H]2S1. The van der Waals surface area contributed by atoms with E-state index in [0.717, 1.165) is 11.8 Å². The standard InChI is InChI=1S/C20H14N2O5S/c21-17-15-13(11-7-6-10(23)8-12(11)27-20(15)26)14-16(28-17)19(25)22(18(14)24)9-4-2-1-3-5-9/h1-8,13-14,16,23H,21H2/t13-,14+,16-/m0/s1. The predicted molar refractivity (Wildman–Crippen MR) is 102 cm³/mol. The van der Waals surface area contributed by atoms with Gasteiger partial charge in [-0.1, -0.05) is 36.0 Å². The van der Waals surface area contributed by atoms with Crippen molar-refractivity contribution in [3.8, 4) is 11.5 Å². The molecule has 0 aliphatic carbocycles. The maximum absolute atomic E-state index is 13.3. The van der Waals surface area contributed by atoms with Crippen LogP contribution in [0.4, 0.5) is 5.69 Å². The Balaban J connectivity index is 1.68. The summed E-state index contributed by atoms with van der Waals surface area (Å²) in [6, 6.07) is 13.1. The Morgan fingerprint density at radius 3 is 2.54 bits per heavy atom. The third kappa shape index (κ3) is 2.21. The first-order chi connectivity index (χ1) is 13.5. The van der Waals surface area contributed by atoms with Crippen LogP contribution in [0.3, 0.4) is 0 Å². The Hall–Kier alpha value is -3.26. The number of carbonyl (C=O) groups is 3. The molecule has 3 heterocycles. The number of phenolic OH excluding ortho intramolecular Hbond substituents is 1. The van der Waals surface area contributed by atoms with E-state index in [1.54, 1.807) is 36.4 Å². The zero-order valence-corrected chi connectivity index (χ0v) is 15.2. The Bertz CT molecular complexity index is 1080. The molecular weight excluding hydrogens is 380 g/mol. The summed E-state index contributed by atoms with van der Waals surface area (Å²) in [4.78, 5) is 40.1. The number of hydrogen-bond donors (Lipinski definition) is 2. The third-order valence-corrected chi connectivity index (χ3v) is 6.48. The van der Waals surface area contributed by atoms with Gasteiger partial charge in [0.2, 0.25) is 11.8 Å². The number of carbonyl (C=O) groups excluding carboxylic acids is 3. The highest BCUT2D eigenvalue weighted by Gasteiger charge is 2.58. The third-order valence-electron chi connectivity index (χ3n) is 5.25. The smallest absolute Gasteiger partial charge is 0.342 e. The molecule has 2 aromatic rings. The fourth-order valence-electron chi connectivity index (χ4n) is 4.07. The number of fused-ring (bicyclic) bond motifs is 5. The second kappa shape index (κ2) is 5.87. The van der Waals surface area contributed by atoms with Gasteiger partial charge in [-0.2, -0.15) is 0 Å². The van der Waals surface area contributed by atoms with Crippen LogP contribution in [-0.2, 0) is 14.4 Å². The maximum atomic E-state index is 13.3. The molecule has 0 radical (unpaired) electrons. The average Bonchev–Trinajstić information content (AvgIpc) is 2.92. The summed E-state index contributed by atoms with van der Waals surface area (Å²) in [5.74, 6) is -2.76. The molecule has 2 aromatic carbocycles. The molecule has 140 valence electrons. The zero-order chi connectivity index (χ0) is 19.6. The summed E-state index contributed by atoms with van der Waals surface area (Å²) in [6.07, 6.45) is 0. The number of anilines is 1. The van der Waals surface area contributed by atoms with Crippen molar-refractivity contribution in [3.05, 3.63) is 64.7 Å². The molecule has 1 saturated heterocycles. The molecular formula is C20H14N2O5S. The summed E-state index contributed by atoms with van der Waals surface area (Å²) in [7, 11) is 0. The fraction of sp³-hybridized carbons (Fsp3) is 0.150. The molecule has 28 heavy (non-hydrogen) atoms. The molecule has 0 bridgehead atoms. The highest BCUT2D eigenvalue weighted by Crippen LogP contribution is 2.54. The minimum Gasteiger partial charge on any atom is -0.508 e. The van der Waals surface area contributed by atoms with E-state index in [1.165, 1.54) is 17.0 Å². The molecule has 3 N–H and O–H groups in total. The number of aromatic hydroxyl groups is 1. The van der Waals surface area contributed by atoms with E-state index in [-0.39, 0.29) is 33.9 Å². The summed E-state index contributed by atoms with van der Waals surface area (Å²) < 4.78 is 5.31. The summed E-state index contributed by atoms with van der Waals surface area (Å²) in [6.45, 7) is 0. The molecule has 3 atom stereocenters. The van der Waals surface area contributed by atoms with E-state index in [4.69, 9.17) is 10.5 Å². The predicted octanol–water partition coefficient (Wildman–Crippen LogP) is 1.87. The van der Waals surface area contributed by atoms with E-state index in [9.17, 15) is 19.5 Å². The van der Waals surface area contributed by atoms with Gasteiger partial charge in [-0.05, 0) is 18.2 Å². The fourth-order valence-corrected chi connectivity index (χ4v) is 5.31. The molecule has 0 aromatic heterocycles. The molecule has 3 aliphatic rings.